The second-order valence-corrected chi connectivity index (χ2v) is 5.43. The molecule has 0 radical (unpaired) electrons. The lowest BCUT2D eigenvalue weighted by atomic mass is 10.2. The molecule has 2 aromatic carbocycles. The fraction of sp³-hybridized carbons (Fsp3) is 0.176. The third kappa shape index (κ3) is 4.33. The first-order chi connectivity index (χ1) is 10.5. The fourth-order valence-electron chi connectivity index (χ4n) is 1.80. The lowest BCUT2D eigenvalue weighted by Crippen LogP contribution is -2.13. The van der Waals surface area contributed by atoms with Gasteiger partial charge in [0.1, 0.15) is 0 Å². The van der Waals surface area contributed by atoms with E-state index in [1.165, 1.54) is 0 Å². The summed E-state index contributed by atoms with van der Waals surface area (Å²) in [6.45, 7) is 3.58. The molecule has 2 rings (SSSR count). The zero-order valence-corrected chi connectivity index (χ0v) is 13.1. The number of ether oxygens (including phenoxy) is 1. The van der Waals surface area contributed by atoms with E-state index < -0.39 is 0 Å². The van der Waals surface area contributed by atoms with Crippen molar-refractivity contribution in [1.29, 1.82) is 0 Å². The number of amides is 1. The van der Waals surface area contributed by atoms with Gasteiger partial charge in [0, 0.05) is 16.3 Å². The fourth-order valence-corrected chi connectivity index (χ4v) is 2.00. The normalized spacial score (nSPS) is 10.4. The maximum Gasteiger partial charge on any atom is 0.338 e. The minimum absolute atomic E-state index is 0.172. The maximum atomic E-state index is 12.1. The Hall–Kier alpha value is -2.33. The first kappa shape index (κ1) is 16.0. The quantitative estimate of drug-likeness (QED) is 0.861. The first-order valence-corrected chi connectivity index (χ1v) is 7.21. The average molecular weight is 318 g/mol. The molecule has 0 saturated carbocycles. The van der Waals surface area contributed by atoms with Gasteiger partial charge in [-0.2, -0.15) is 0 Å². The molecular weight excluding hydrogens is 302 g/mol. The molecule has 0 fully saturated rings. The van der Waals surface area contributed by atoms with Crippen molar-refractivity contribution in [3.8, 4) is 0 Å². The Morgan fingerprint density at radius 1 is 1.05 bits per heavy atom. The van der Waals surface area contributed by atoms with Gasteiger partial charge in [-0.15, -0.1) is 0 Å². The Balaban J connectivity index is 2.05. The lowest BCUT2D eigenvalue weighted by molar-refractivity contribution is 0.0378. The number of anilines is 1. The van der Waals surface area contributed by atoms with Gasteiger partial charge in [0.25, 0.3) is 5.91 Å². The smallest absolute Gasteiger partial charge is 0.338 e. The van der Waals surface area contributed by atoms with Gasteiger partial charge < -0.3 is 10.1 Å². The highest BCUT2D eigenvalue weighted by Gasteiger charge is 2.10. The van der Waals surface area contributed by atoms with Gasteiger partial charge >= 0.3 is 5.97 Å². The van der Waals surface area contributed by atoms with Gasteiger partial charge in [-0.25, -0.2) is 4.79 Å². The third-order valence-corrected chi connectivity index (χ3v) is 3.04. The van der Waals surface area contributed by atoms with Crippen molar-refractivity contribution < 1.29 is 14.3 Å². The molecule has 0 heterocycles. The van der Waals surface area contributed by atoms with Crippen LogP contribution in [-0.2, 0) is 4.74 Å². The van der Waals surface area contributed by atoms with Crippen molar-refractivity contribution in [2.75, 3.05) is 5.32 Å². The molecule has 0 saturated heterocycles. The number of hydrogen-bond acceptors (Lipinski definition) is 3. The van der Waals surface area contributed by atoms with Crippen LogP contribution in [0.25, 0.3) is 0 Å². The van der Waals surface area contributed by atoms with E-state index in [9.17, 15) is 9.59 Å². The number of carbonyl (C=O) groups is 2. The Morgan fingerprint density at radius 3 is 2.32 bits per heavy atom. The standard InChI is InChI=1S/C17H16ClNO3/c1-11(2)22-17(21)12-6-8-15(9-7-12)19-16(20)13-4-3-5-14(18)10-13/h3-11H,1-2H3,(H,19,20). The van der Waals surface area contributed by atoms with Crippen molar-refractivity contribution >= 4 is 29.2 Å². The molecule has 0 spiro atoms. The highest BCUT2D eigenvalue weighted by molar-refractivity contribution is 6.31. The van der Waals surface area contributed by atoms with E-state index in [0.717, 1.165) is 0 Å². The number of carbonyl (C=O) groups excluding carboxylic acids is 2. The largest absolute Gasteiger partial charge is 0.459 e. The highest BCUT2D eigenvalue weighted by Crippen LogP contribution is 2.15. The predicted octanol–water partition coefficient (Wildman–Crippen LogP) is 4.16. The summed E-state index contributed by atoms with van der Waals surface area (Å²) >= 11 is 5.86. The Labute approximate surface area is 134 Å². The number of esters is 1. The van der Waals surface area contributed by atoms with Crippen molar-refractivity contribution in [2.45, 2.75) is 20.0 Å². The van der Waals surface area contributed by atoms with Crippen LogP contribution in [0.3, 0.4) is 0 Å². The summed E-state index contributed by atoms with van der Waals surface area (Å²) in [7, 11) is 0. The van der Waals surface area contributed by atoms with Crippen LogP contribution in [0.4, 0.5) is 5.69 Å². The van der Waals surface area contributed by atoms with Gasteiger partial charge in [-0.05, 0) is 56.3 Å². The molecule has 0 aliphatic rings. The summed E-state index contributed by atoms with van der Waals surface area (Å²) in [6.07, 6.45) is -0.172. The van der Waals surface area contributed by atoms with Crippen molar-refractivity contribution in [3.05, 3.63) is 64.7 Å². The molecule has 2 aromatic rings. The summed E-state index contributed by atoms with van der Waals surface area (Å²) in [5.41, 5.74) is 1.50. The van der Waals surface area contributed by atoms with E-state index >= 15 is 0 Å². The summed E-state index contributed by atoms with van der Waals surface area (Å²) in [4.78, 5) is 23.8. The van der Waals surface area contributed by atoms with Crippen LogP contribution in [-0.4, -0.2) is 18.0 Å². The van der Waals surface area contributed by atoms with E-state index in [-0.39, 0.29) is 18.0 Å². The minimum Gasteiger partial charge on any atom is -0.459 e. The highest BCUT2D eigenvalue weighted by atomic mass is 35.5. The number of benzene rings is 2. The molecule has 0 unspecified atom stereocenters. The monoisotopic (exact) mass is 317 g/mol. The average Bonchev–Trinajstić information content (AvgIpc) is 2.47. The maximum absolute atomic E-state index is 12.1. The Kier molecular flexibility index (Phi) is 5.17. The zero-order chi connectivity index (χ0) is 16.1. The molecule has 0 bridgehead atoms. The van der Waals surface area contributed by atoms with E-state index in [2.05, 4.69) is 5.32 Å². The minimum atomic E-state index is -0.386. The molecule has 1 N–H and O–H groups in total. The first-order valence-electron chi connectivity index (χ1n) is 6.83. The summed E-state index contributed by atoms with van der Waals surface area (Å²) in [5.74, 6) is -0.650. The van der Waals surface area contributed by atoms with Gasteiger partial charge in [-0.1, -0.05) is 17.7 Å². The second kappa shape index (κ2) is 7.09. The summed E-state index contributed by atoms with van der Waals surface area (Å²) in [5, 5.41) is 3.24. The molecule has 0 aromatic heterocycles. The molecule has 5 heteroatoms. The zero-order valence-electron chi connectivity index (χ0n) is 12.3. The molecule has 22 heavy (non-hydrogen) atoms. The van der Waals surface area contributed by atoms with Crippen molar-refractivity contribution in [3.63, 3.8) is 0 Å². The molecule has 0 aliphatic heterocycles. The van der Waals surface area contributed by atoms with Crippen LogP contribution in [0, 0.1) is 0 Å². The van der Waals surface area contributed by atoms with Gasteiger partial charge in [-0.3, -0.25) is 4.79 Å². The molecule has 4 nitrogen and oxygen atoms in total. The van der Waals surface area contributed by atoms with E-state index in [1.807, 2.05) is 0 Å². The molecular formula is C17H16ClNO3. The molecule has 114 valence electrons. The van der Waals surface area contributed by atoms with Crippen molar-refractivity contribution in [1.82, 2.24) is 0 Å². The van der Waals surface area contributed by atoms with E-state index in [4.69, 9.17) is 16.3 Å². The Morgan fingerprint density at radius 2 is 1.73 bits per heavy atom. The SMILES string of the molecule is CC(C)OC(=O)c1ccc(NC(=O)c2cccc(Cl)c2)cc1. The number of halogens is 1. The predicted molar refractivity (Wildman–Crippen MR) is 86.4 cm³/mol. The van der Waals surface area contributed by atoms with Crippen molar-refractivity contribution in [2.24, 2.45) is 0 Å². The van der Waals surface area contributed by atoms with Gasteiger partial charge in [0.2, 0.25) is 0 Å². The van der Waals surface area contributed by atoms with Crippen LogP contribution < -0.4 is 5.32 Å². The Bertz CT molecular complexity index is 681. The van der Waals surface area contributed by atoms with Crippen LogP contribution in [0.1, 0.15) is 34.6 Å². The van der Waals surface area contributed by atoms with Crippen LogP contribution in [0.15, 0.2) is 48.5 Å². The van der Waals surface area contributed by atoms with Gasteiger partial charge in [0.15, 0.2) is 0 Å². The molecule has 0 atom stereocenters. The third-order valence-electron chi connectivity index (χ3n) is 2.81. The number of nitrogens with one attached hydrogen (secondary N) is 1. The summed E-state index contributed by atoms with van der Waals surface area (Å²) < 4.78 is 5.10. The lowest BCUT2D eigenvalue weighted by Gasteiger charge is -2.09. The summed E-state index contributed by atoms with van der Waals surface area (Å²) in [6, 6.07) is 13.2. The van der Waals surface area contributed by atoms with E-state index in [0.29, 0.717) is 21.8 Å². The molecule has 1 amide bonds. The number of rotatable bonds is 4. The second-order valence-electron chi connectivity index (χ2n) is 5.00. The van der Waals surface area contributed by atoms with E-state index in [1.54, 1.807) is 62.4 Å². The number of hydrogen-bond donors (Lipinski definition) is 1. The topological polar surface area (TPSA) is 55.4 Å². The van der Waals surface area contributed by atoms with Gasteiger partial charge in [0.05, 0.1) is 11.7 Å². The van der Waals surface area contributed by atoms with Crippen LogP contribution in [0.2, 0.25) is 5.02 Å². The van der Waals surface area contributed by atoms with Crippen LogP contribution in [0.5, 0.6) is 0 Å². The van der Waals surface area contributed by atoms with Crippen LogP contribution >= 0.6 is 11.6 Å². The molecule has 0 aliphatic carbocycles.